The third-order valence-corrected chi connectivity index (χ3v) is 2.42. The summed E-state index contributed by atoms with van der Waals surface area (Å²) in [6.07, 6.45) is 1.40. The van der Waals surface area contributed by atoms with E-state index in [1.165, 1.54) is 13.0 Å². The van der Waals surface area contributed by atoms with Gasteiger partial charge in [0.2, 0.25) is 0 Å². The highest BCUT2D eigenvalue weighted by Gasteiger charge is 2.20. The molecule has 1 nitrogen and oxygen atoms in total. The molecule has 0 bridgehead atoms. The molecule has 1 aliphatic heterocycles. The first-order chi connectivity index (χ1) is 4.20. The second kappa shape index (κ2) is 2.70. The van der Waals surface area contributed by atoms with Gasteiger partial charge in [0.15, 0.2) is 0 Å². The van der Waals surface area contributed by atoms with Gasteiger partial charge in [-0.05, 0) is 31.7 Å². The maximum atomic E-state index is 3.48. The summed E-state index contributed by atoms with van der Waals surface area (Å²) in [6, 6.07) is 0.737. The van der Waals surface area contributed by atoms with Gasteiger partial charge in [-0.1, -0.05) is 13.8 Å². The lowest BCUT2D eigenvalue weighted by Gasteiger charge is -2.31. The topological polar surface area (TPSA) is 12.0 Å². The van der Waals surface area contributed by atoms with Crippen LogP contribution in [0.4, 0.5) is 0 Å². The van der Waals surface area contributed by atoms with Gasteiger partial charge in [0.25, 0.3) is 0 Å². The van der Waals surface area contributed by atoms with Gasteiger partial charge in [0.05, 0.1) is 0 Å². The minimum absolute atomic E-state index is 0.737. The van der Waals surface area contributed by atoms with Gasteiger partial charge in [-0.2, -0.15) is 0 Å². The number of nitrogens with one attached hydrogen (secondary N) is 1. The first-order valence-corrected chi connectivity index (χ1v) is 3.93. The zero-order valence-electron chi connectivity index (χ0n) is 6.65. The molecule has 1 heterocycles. The third-order valence-electron chi connectivity index (χ3n) is 2.42. The third kappa shape index (κ3) is 1.68. The average molecular weight is 127 g/mol. The Labute approximate surface area is 57.8 Å². The molecular weight excluding hydrogens is 110 g/mol. The van der Waals surface area contributed by atoms with Crippen LogP contribution in [-0.2, 0) is 0 Å². The van der Waals surface area contributed by atoms with Crippen LogP contribution in [0.15, 0.2) is 0 Å². The lowest BCUT2D eigenvalue weighted by molar-refractivity contribution is 0.257. The van der Waals surface area contributed by atoms with Crippen LogP contribution in [0.3, 0.4) is 0 Å². The van der Waals surface area contributed by atoms with Crippen LogP contribution in [0, 0.1) is 11.8 Å². The van der Waals surface area contributed by atoms with Crippen molar-refractivity contribution in [3.05, 3.63) is 0 Å². The summed E-state index contributed by atoms with van der Waals surface area (Å²) in [4.78, 5) is 0. The zero-order valence-corrected chi connectivity index (χ0v) is 6.65. The maximum Gasteiger partial charge on any atom is 0.00645 e. The predicted octanol–water partition coefficient (Wildman–Crippen LogP) is 1.64. The minimum atomic E-state index is 0.737. The van der Waals surface area contributed by atoms with E-state index >= 15 is 0 Å². The van der Waals surface area contributed by atoms with E-state index in [4.69, 9.17) is 0 Å². The number of hydrogen-bond acceptors (Lipinski definition) is 1. The largest absolute Gasteiger partial charge is 0.314 e. The van der Waals surface area contributed by atoms with Crippen molar-refractivity contribution in [2.24, 2.45) is 11.8 Å². The molecule has 0 amide bonds. The summed E-state index contributed by atoms with van der Waals surface area (Å²) in [6.45, 7) is 8.13. The first kappa shape index (κ1) is 7.07. The summed E-state index contributed by atoms with van der Waals surface area (Å²) in [5, 5.41) is 3.48. The Kier molecular flexibility index (Phi) is 2.12. The van der Waals surface area contributed by atoms with E-state index in [1.54, 1.807) is 0 Å². The fourth-order valence-corrected chi connectivity index (χ4v) is 1.51. The Bertz CT molecular complexity index is 90.6. The quantitative estimate of drug-likeness (QED) is 0.521. The van der Waals surface area contributed by atoms with Gasteiger partial charge in [0.1, 0.15) is 0 Å². The van der Waals surface area contributed by atoms with Crippen molar-refractivity contribution in [2.45, 2.75) is 33.2 Å². The summed E-state index contributed by atoms with van der Waals surface area (Å²) < 4.78 is 0. The molecule has 0 saturated carbocycles. The molecule has 3 atom stereocenters. The van der Waals surface area contributed by atoms with Crippen molar-refractivity contribution in [3.63, 3.8) is 0 Å². The van der Waals surface area contributed by atoms with Crippen LogP contribution in [0.5, 0.6) is 0 Å². The van der Waals surface area contributed by atoms with Gasteiger partial charge >= 0.3 is 0 Å². The molecule has 0 aromatic carbocycles. The van der Waals surface area contributed by atoms with E-state index in [0.29, 0.717) is 0 Å². The highest BCUT2D eigenvalue weighted by atomic mass is 14.9. The van der Waals surface area contributed by atoms with Crippen LogP contribution in [-0.4, -0.2) is 12.6 Å². The Morgan fingerprint density at radius 2 is 1.89 bits per heavy atom. The second-order valence-corrected chi connectivity index (χ2v) is 3.52. The maximum absolute atomic E-state index is 3.48. The van der Waals surface area contributed by atoms with Crippen molar-refractivity contribution in [2.75, 3.05) is 6.54 Å². The molecule has 0 unspecified atom stereocenters. The zero-order chi connectivity index (χ0) is 6.85. The summed E-state index contributed by atoms with van der Waals surface area (Å²) >= 11 is 0. The highest BCUT2D eigenvalue weighted by Crippen LogP contribution is 2.19. The molecule has 1 rings (SSSR count). The molecule has 9 heavy (non-hydrogen) atoms. The normalized spacial score (nSPS) is 45.0. The molecule has 1 heteroatoms. The summed E-state index contributed by atoms with van der Waals surface area (Å²) in [5.41, 5.74) is 0. The van der Waals surface area contributed by atoms with Crippen LogP contribution in [0.1, 0.15) is 27.2 Å². The van der Waals surface area contributed by atoms with Gasteiger partial charge in [-0.25, -0.2) is 0 Å². The second-order valence-electron chi connectivity index (χ2n) is 3.52. The first-order valence-electron chi connectivity index (χ1n) is 3.93. The Hall–Kier alpha value is -0.0400. The van der Waals surface area contributed by atoms with Crippen molar-refractivity contribution in [1.82, 2.24) is 5.32 Å². The molecule has 1 aliphatic rings. The average Bonchev–Trinajstić information content (AvgIpc) is 1.80. The van der Waals surface area contributed by atoms with E-state index in [2.05, 4.69) is 26.1 Å². The highest BCUT2D eigenvalue weighted by molar-refractivity contribution is 4.77. The van der Waals surface area contributed by atoms with Crippen LogP contribution in [0.25, 0.3) is 0 Å². The van der Waals surface area contributed by atoms with Crippen molar-refractivity contribution in [3.8, 4) is 0 Å². The molecule has 1 saturated heterocycles. The molecule has 0 aliphatic carbocycles. The molecule has 1 fully saturated rings. The minimum Gasteiger partial charge on any atom is -0.314 e. The van der Waals surface area contributed by atoms with Crippen LogP contribution in [0.2, 0.25) is 0 Å². The number of rotatable bonds is 0. The van der Waals surface area contributed by atoms with E-state index in [-0.39, 0.29) is 0 Å². The Morgan fingerprint density at radius 1 is 1.22 bits per heavy atom. The van der Waals surface area contributed by atoms with Gasteiger partial charge in [-0.15, -0.1) is 0 Å². The number of hydrogen-bond donors (Lipinski definition) is 1. The van der Waals surface area contributed by atoms with E-state index < -0.39 is 0 Å². The lowest BCUT2D eigenvalue weighted by Crippen LogP contribution is -2.41. The monoisotopic (exact) mass is 127 g/mol. The number of piperidine rings is 1. The molecule has 0 spiro atoms. The summed E-state index contributed by atoms with van der Waals surface area (Å²) in [5.74, 6) is 1.75. The van der Waals surface area contributed by atoms with Crippen LogP contribution < -0.4 is 5.32 Å². The van der Waals surface area contributed by atoms with Crippen LogP contribution >= 0.6 is 0 Å². The van der Waals surface area contributed by atoms with Crippen molar-refractivity contribution < 1.29 is 0 Å². The SMILES string of the molecule is C[C@@H]1CN[C@@H](C)[C@@H](C)C1. The molecule has 54 valence electrons. The fourth-order valence-electron chi connectivity index (χ4n) is 1.51. The van der Waals surface area contributed by atoms with Crippen molar-refractivity contribution >= 4 is 0 Å². The molecule has 1 N–H and O–H groups in total. The molecule has 0 aromatic rings. The Morgan fingerprint density at radius 3 is 2.33 bits per heavy atom. The van der Waals surface area contributed by atoms with Crippen molar-refractivity contribution in [1.29, 1.82) is 0 Å². The van der Waals surface area contributed by atoms with Gasteiger partial charge in [0, 0.05) is 6.04 Å². The lowest BCUT2D eigenvalue weighted by atomic mass is 9.88. The smallest absolute Gasteiger partial charge is 0.00645 e. The molecular formula is C8H17N. The molecule has 0 radical (unpaired) electrons. The standard InChI is InChI=1S/C8H17N/c1-6-4-7(2)8(3)9-5-6/h6-9H,4-5H2,1-3H3/t6-,7-,8-/m0/s1. The summed E-state index contributed by atoms with van der Waals surface area (Å²) in [7, 11) is 0. The molecule has 0 aromatic heterocycles. The van der Waals surface area contributed by atoms with Gasteiger partial charge in [-0.3, -0.25) is 0 Å². The van der Waals surface area contributed by atoms with E-state index in [1.807, 2.05) is 0 Å². The predicted molar refractivity (Wildman–Crippen MR) is 40.4 cm³/mol. The van der Waals surface area contributed by atoms with Gasteiger partial charge < -0.3 is 5.32 Å². The fraction of sp³-hybridized carbons (Fsp3) is 1.00. The van der Waals surface area contributed by atoms with E-state index in [0.717, 1.165) is 17.9 Å². The Balaban J connectivity index is 2.35. The van der Waals surface area contributed by atoms with E-state index in [9.17, 15) is 0 Å².